The van der Waals surface area contributed by atoms with Crippen LogP contribution in [0.3, 0.4) is 0 Å². The van der Waals surface area contributed by atoms with Crippen LogP contribution in [0.1, 0.15) is 150 Å². The molecule has 2 aliphatic heterocycles. The Bertz CT molecular complexity index is 2960. The summed E-state index contributed by atoms with van der Waals surface area (Å²) in [5, 5.41) is 5.76. The molecule has 76 heavy (non-hydrogen) atoms. The van der Waals surface area contributed by atoms with Crippen molar-refractivity contribution in [3.05, 3.63) is 94.6 Å². The number of thioether (sulfide) groups is 2. The van der Waals surface area contributed by atoms with Crippen LogP contribution < -0.4 is 10.6 Å². The van der Waals surface area contributed by atoms with Crippen molar-refractivity contribution in [1.82, 2.24) is 40.4 Å². The van der Waals surface area contributed by atoms with Crippen LogP contribution in [0.2, 0.25) is 0 Å². The number of imidazole rings is 2. The van der Waals surface area contributed by atoms with E-state index in [1.54, 1.807) is 23.5 Å². The molecule has 2 aromatic heterocycles. The van der Waals surface area contributed by atoms with Gasteiger partial charge in [-0.1, -0.05) is 67.7 Å². The molecule has 404 valence electrons. The fourth-order valence-electron chi connectivity index (χ4n) is 14.3. The topological polar surface area (TPSA) is 175 Å². The maximum Gasteiger partial charge on any atom is 0.407 e. The molecule has 8 aliphatic carbocycles. The van der Waals surface area contributed by atoms with E-state index in [-0.39, 0.29) is 41.9 Å². The number of alkyl carbamates (subject to hydrolysis) is 2. The summed E-state index contributed by atoms with van der Waals surface area (Å²) in [5.74, 6) is 4.63. The van der Waals surface area contributed by atoms with Gasteiger partial charge in [-0.3, -0.25) is 9.59 Å². The van der Waals surface area contributed by atoms with Gasteiger partial charge in [0.15, 0.2) is 0 Å². The molecule has 4 fully saturated rings. The zero-order chi connectivity index (χ0) is 52.5. The van der Waals surface area contributed by atoms with Gasteiger partial charge in [0.25, 0.3) is 0 Å². The molecule has 14 nitrogen and oxygen atoms in total. The van der Waals surface area contributed by atoms with Gasteiger partial charge in [0.05, 0.1) is 48.4 Å². The summed E-state index contributed by atoms with van der Waals surface area (Å²) in [6, 6.07) is 11.9. The van der Waals surface area contributed by atoms with Gasteiger partial charge in [-0.25, -0.2) is 19.6 Å². The van der Waals surface area contributed by atoms with Crippen molar-refractivity contribution in [3.8, 4) is 0 Å². The molecule has 10 aliphatic rings. The number of likely N-dealkylation sites (tertiary alicyclic amines) is 2. The number of methoxy groups -OCH3 is 2. The minimum atomic E-state index is -0.668. The molecule has 14 rings (SSSR count). The molecule has 0 radical (unpaired) electrons. The van der Waals surface area contributed by atoms with Gasteiger partial charge in [0.1, 0.15) is 23.7 Å². The molecule has 2 saturated heterocycles. The fourth-order valence-corrected chi connectivity index (χ4v) is 15.3. The minimum absolute atomic E-state index is 0.0450. The summed E-state index contributed by atoms with van der Waals surface area (Å²) >= 11 is 3.33. The van der Waals surface area contributed by atoms with Crippen molar-refractivity contribution < 1.29 is 28.7 Å². The van der Waals surface area contributed by atoms with E-state index >= 15 is 0 Å². The highest BCUT2D eigenvalue weighted by molar-refractivity contribution is 7.98. The van der Waals surface area contributed by atoms with Crippen LogP contribution in [0, 0.1) is 23.7 Å². The number of carbonyl (C=O) groups is 4. The number of nitrogens with one attached hydrogen (secondary N) is 4. The van der Waals surface area contributed by atoms with Crippen molar-refractivity contribution >= 4 is 80.7 Å². The molecule has 4 unspecified atom stereocenters. The molecule has 4 bridgehead atoms. The number of hydrogen-bond donors (Lipinski definition) is 4. The third kappa shape index (κ3) is 10.7. The Morgan fingerprint density at radius 2 is 1.26 bits per heavy atom. The molecule has 4 amide bonds. The second kappa shape index (κ2) is 23.2. The molecular weight excluding hydrogens is 993 g/mol. The van der Waals surface area contributed by atoms with E-state index in [4.69, 9.17) is 19.4 Å². The van der Waals surface area contributed by atoms with E-state index in [1.807, 2.05) is 12.5 Å². The van der Waals surface area contributed by atoms with Crippen LogP contribution in [0.4, 0.5) is 9.59 Å². The average molecular weight is 1070 g/mol. The number of allylic oxidation sites excluding steroid dienone is 8. The first-order valence-corrected chi connectivity index (χ1v) is 31.0. The van der Waals surface area contributed by atoms with Gasteiger partial charge in [-0.05, 0) is 190 Å². The van der Waals surface area contributed by atoms with E-state index in [2.05, 4.69) is 91.1 Å². The van der Waals surface area contributed by atoms with Gasteiger partial charge in [-0.15, -0.1) is 0 Å². The minimum Gasteiger partial charge on any atom is -0.453 e. The lowest BCUT2D eigenvalue weighted by molar-refractivity contribution is -0.138. The Hall–Kier alpha value is -5.48. The van der Waals surface area contributed by atoms with Gasteiger partial charge < -0.3 is 39.9 Å². The van der Waals surface area contributed by atoms with E-state index in [1.165, 1.54) is 60.5 Å². The molecule has 16 heteroatoms. The van der Waals surface area contributed by atoms with Gasteiger partial charge >= 0.3 is 12.2 Å². The summed E-state index contributed by atoms with van der Waals surface area (Å²) in [6.45, 7) is 0. The van der Waals surface area contributed by atoms with Crippen LogP contribution >= 0.6 is 23.5 Å². The number of H-pyrrole nitrogens is 2. The lowest BCUT2D eigenvalue weighted by Crippen LogP contribution is -2.52. The lowest BCUT2D eigenvalue weighted by atomic mass is 9.73. The number of carbonyl (C=O) groups excluding carboxylic acids is 4. The van der Waals surface area contributed by atoms with Crippen LogP contribution in [0.25, 0.3) is 33.2 Å². The number of hydrogen-bond acceptors (Lipinski definition) is 10. The van der Waals surface area contributed by atoms with Gasteiger partial charge in [-0.2, -0.15) is 23.5 Å². The number of fused-ring (bicyclic) bond motifs is 4. The van der Waals surface area contributed by atoms with E-state index < -0.39 is 24.3 Å². The molecule has 2 saturated carbocycles. The van der Waals surface area contributed by atoms with Crippen LogP contribution in [-0.2, 0) is 19.1 Å². The molecule has 4 aromatic rings. The Morgan fingerprint density at radius 3 is 1.80 bits per heavy atom. The second-order valence-corrected chi connectivity index (χ2v) is 24.6. The summed E-state index contributed by atoms with van der Waals surface area (Å²) in [4.78, 5) is 76.6. The number of rotatable bonds is 14. The number of benzene rings is 2. The van der Waals surface area contributed by atoms with Gasteiger partial charge in [0, 0.05) is 12.1 Å². The van der Waals surface area contributed by atoms with Crippen LogP contribution in [-0.4, -0.2) is 116 Å². The molecular formula is C60H76N8O6S2. The monoisotopic (exact) mass is 1070 g/mol. The van der Waals surface area contributed by atoms with E-state index in [0.717, 1.165) is 135 Å². The summed E-state index contributed by atoms with van der Waals surface area (Å²) in [7, 11) is 2.69. The smallest absolute Gasteiger partial charge is 0.407 e. The number of aromatic amines is 2. The van der Waals surface area contributed by atoms with Crippen molar-refractivity contribution in [2.75, 3.05) is 38.2 Å². The van der Waals surface area contributed by atoms with E-state index in [9.17, 15) is 19.2 Å². The third-order valence-corrected chi connectivity index (χ3v) is 19.5. The number of nitrogens with zero attached hydrogens (tertiary/aromatic N) is 4. The average Bonchev–Trinajstić information content (AvgIpc) is 4.27. The number of aromatic nitrogens is 4. The first-order valence-electron chi connectivity index (χ1n) is 28.2. The highest BCUT2D eigenvalue weighted by Gasteiger charge is 2.49. The molecule has 10 atom stereocenters. The Labute approximate surface area is 455 Å². The highest BCUT2D eigenvalue weighted by Crippen LogP contribution is 2.50. The zero-order valence-electron chi connectivity index (χ0n) is 44.7. The predicted octanol–water partition coefficient (Wildman–Crippen LogP) is 12.0. The predicted molar refractivity (Wildman–Crippen MR) is 304 cm³/mol. The van der Waals surface area contributed by atoms with Crippen molar-refractivity contribution in [3.63, 3.8) is 0 Å². The second-order valence-electron chi connectivity index (χ2n) is 22.6. The normalized spacial score (nSPS) is 27.1. The first-order chi connectivity index (χ1) is 37.1. The molecule has 4 heterocycles. The van der Waals surface area contributed by atoms with Crippen LogP contribution in [0.15, 0.2) is 71.8 Å². The molecule has 4 N–H and O–H groups in total. The Balaban J connectivity index is 0.922. The van der Waals surface area contributed by atoms with E-state index in [0.29, 0.717) is 30.6 Å². The number of amides is 4. The largest absolute Gasteiger partial charge is 0.453 e. The van der Waals surface area contributed by atoms with Crippen molar-refractivity contribution in [2.24, 2.45) is 23.7 Å². The van der Waals surface area contributed by atoms with Gasteiger partial charge in [0.2, 0.25) is 11.8 Å². The zero-order valence-corrected chi connectivity index (χ0v) is 46.4. The maximum atomic E-state index is 14.7. The Morgan fingerprint density at radius 1 is 0.711 bits per heavy atom. The molecule has 2 aromatic carbocycles. The molecule has 0 spiro atoms. The third-order valence-electron chi connectivity index (χ3n) is 18.2. The number of ether oxygens (including phenoxy) is 2. The fraction of sp³-hybridized carbons (Fsp3) is 0.567. The van der Waals surface area contributed by atoms with Crippen LogP contribution in [0.5, 0.6) is 0 Å². The Kier molecular flexibility index (Phi) is 16.1. The quantitative estimate of drug-likeness (QED) is 0.0951. The maximum absolute atomic E-state index is 14.7. The van der Waals surface area contributed by atoms with Crippen molar-refractivity contribution in [1.29, 1.82) is 0 Å². The first kappa shape index (κ1) is 52.6. The highest BCUT2D eigenvalue weighted by atomic mass is 32.2. The standard InChI is InChI=1S/C60H76N8O6S2/c1-73-59(71)65-47(25-27-75-3)57(69)67-51-11-7-5-9-41(51)33-53(67)55-61-45-23-21-39(31-49(45)63-55)43-29-38-20-18-36-15-13-35(14-16-36)17-19-37(43)30-44(38)40-22-24-46-50(32-40)64-56(62-46)54-34-42-10-6-8-12-52(42)68(54)58(70)48(26-28-76-4)66-60(72)74-2/h13-15,21-24,30-32,36,38,41-42,47-48,51-54H,5-12,16-20,25-29,33-34H2,1-4H3,(H,61,63)(H,62,64)(H,65,71)(H,66,72)/t36-,38+,41?,42?,47+,48+,51?,52?,53+,54+/m1/s1. The SMILES string of the molecule is COC(=O)N[C@@H](CCSC)C(=O)N1C2CCCCC2C[C@H]1c1nc2ccc(C3=CC4=C(c5ccc6nc([C@@H]7CC8CCCCC8N7C(=O)[C@H](CCSC)NC(=O)OC)[nH]c6c5)C[C@@H]3CC[C@@H]3C=CC(=CC3)CC4)cc2[nH]1. The lowest BCUT2D eigenvalue weighted by Gasteiger charge is -2.36. The summed E-state index contributed by atoms with van der Waals surface area (Å²) in [6.07, 6.45) is 30.1. The summed E-state index contributed by atoms with van der Waals surface area (Å²) < 4.78 is 9.97. The summed E-state index contributed by atoms with van der Waals surface area (Å²) in [5.41, 5.74) is 11.7. The van der Waals surface area contributed by atoms with Crippen molar-refractivity contribution in [2.45, 2.75) is 152 Å².